The summed E-state index contributed by atoms with van der Waals surface area (Å²) >= 11 is 7.97. The molecular weight excluding hydrogens is 546 g/mol. The van der Waals surface area contributed by atoms with Gasteiger partial charge in [0.25, 0.3) is 0 Å². The molecule has 0 spiro atoms. The molecule has 1 aromatic heterocycles. The van der Waals surface area contributed by atoms with Crippen molar-refractivity contribution in [2.45, 2.75) is 31.3 Å². The summed E-state index contributed by atoms with van der Waals surface area (Å²) in [5.74, 6) is 0. The van der Waals surface area contributed by atoms with Gasteiger partial charge in [0.2, 0.25) is 0 Å². The molecule has 0 fully saturated rings. The van der Waals surface area contributed by atoms with Crippen LogP contribution >= 0.6 is 22.9 Å². The standard InChI is InChI=1S/C31H32ClN3O2S2/c1-22(2)35(20-23-10-5-4-6-11-23)21-25(33)19-29(34-28-15-8-7-14-27(28)32)31-17-16-30(38-31)24-12-9-13-26(18-24)39(3,36)37/h4-19,22H,20-21,33H2,1-3H3. The number of hydrogen-bond donors (Lipinski definition) is 1. The highest BCUT2D eigenvalue weighted by molar-refractivity contribution is 7.90. The maximum atomic E-state index is 12.1. The molecule has 0 unspecified atom stereocenters. The van der Waals surface area contributed by atoms with Gasteiger partial charge in [0.1, 0.15) is 0 Å². The summed E-state index contributed by atoms with van der Waals surface area (Å²) in [6.45, 7) is 5.67. The van der Waals surface area contributed by atoms with Crippen molar-refractivity contribution in [2.24, 2.45) is 10.7 Å². The lowest BCUT2D eigenvalue weighted by Gasteiger charge is -2.26. The number of rotatable bonds is 10. The van der Waals surface area contributed by atoms with Crippen LogP contribution in [0.1, 0.15) is 24.3 Å². The number of nitrogens with two attached hydrogens (primary N) is 1. The molecule has 0 saturated carbocycles. The van der Waals surface area contributed by atoms with Crippen molar-refractivity contribution in [1.29, 1.82) is 0 Å². The van der Waals surface area contributed by atoms with E-state index in [1.807, 2.05) is 66.7 Å². The van der Waals surface area contributed by atoms with Gasteiger partial charge in [-0.05, 0) is 67.4 Å². The molecule has 202 valence electrons. The Kier molecular flexibility index (Phi) is 9.40. The van der Waals surface area contributed by atoms with Crippen molar-refractivity contribution in [3.05, 3.63) is 118 Å². The first-order valence-corrected chi connectivity index (χ1v) is 15.7. The van der Waals surface area contributed by atoms with Crippen molar-refractivity contribution < 1.29 is 8.42 Å². The van der Waals surface area contributed by atoms with Gasteiger partial charge in [0.15, 0.2) is 9.84 Å². The predicted molar refractivity (Wildman–Crippen MR) is 165 cm³/mol. The van der Waals surface area contributed by atoms with E-state index in [2.05, 4.69) is 30.9 Å². The van der Waals surface area contributed by atoms with Crippen LogP contribution in [-0.2, 0) is 16.4 Å². The summed E-state index contributed by atoms with van der Waals surface area (Å²) in [5, 5.41) is 0.549. The molecule has 39 heavy (non-hydrogen) atoms. The van der Waals surface area contributed by atoms with Gasteiger partial charge < -0.3 is 5.73 Å². The molecule has 4 rings (SSSR count). The van der Waals surface area contributed by atoms with Crippen LogP contribution in [0.15, 0.2) is 113 Å². The number of hydrogen-bond acceptors (Lipinski definition) is 6. The highest BCUT2D eigenvalue weighted by Gasteiger charge is 2.15. The molecule has 5 nitrogen and oxygen atoms in total. The zero-order valence-corrected chi connectivity index (χ0v) is 24.6. The van der Waals surface area contributed by atoms with Crippen molar-refractivity contribution in [3.8, 4) is 10.4 Å². The highest BCUT2D eigenvalue weighted by atomic mass is 35.5. The number of para-hydroxylation sites is 1. The maximum absolute atomic E-state index is 12.1. The van der Waals surface area contributed by atoms with Crippen LogP contribution in [0, 0.1) is 0 Å². The molecule has 0 aliphatic heterocycles. The van der Waals surface area contributed by atoms with Gasteiger partial charge in [0.05, 0.1) is 26.2 Å². The fourth-order valence-corrected chi connectivity index (χ4v) is 5.84. The van der Waals surface area contributed by atoms with Gasteiger partial charge in [-0.2, -0.15) is 0 Å². The topological polar surface area (TPSA) is 75.8 Å². The molecule has 0 saturated heterocycles. The van der Waals surface area contributed by atoms with Crippen molar-refractivity contribution >= 4 is 44.2 Å². The lowest BCUT2D eigenvalue weighted by Crippen LogP contribution is -2.34. The van der Waals surface area contributed by atoms with Crippen LogP contribution in [-0.4, -0.2) is 37.9 Å². The molecule has 0 bridgehead atoms. The first-order chi connectivity index (χ1) is 18.6. The Morgan fingerprint density at radius 1 is 1.00 bits per heavy atom. The minimum absolute atomic E-state index is 0.288. The Balaban J connectivity index is 1.69. The fraction of sp³-hybridized carbons (Fsp3) is 0.194. The van der Waals surface area contributed by atoms with E-state index in [0.717, 1.165) is 21.9 Å². The average Bonchev–Trinajstić information content (AvgIpc) is 3.40. The van der Waals surface area contributed by atoms with E-state index in [4.69, 9.17) is 22.3 Å². The Hall–Kier alpha value is -3.23. The van der Waals surface area contributed by atoms with E-state index in [1.54, 1.807) is 18.2 Å². The first-order valence-electron chi connectivity index (χ1n) is 12.6. The number of nitrogens with zero attached hydrogens (tertiary/aromatic N) is 2. The number of benzene rings is 3. The van der Waals surface area contributed by atoms with Gasteiger partial charge in [0, 0.05) is 36.0 Å². The van der Waals surface area contributed by atoms with Crippen LogP contribution in [0.2, 0.25) is 5.02 Å². The Morgan fingerprint density at radius 2 is 1.72 bits per heavy atom. The SMILES string of the molecule is CC(C)N(CC(N)=CC(=Nc1ccccc1Cl)c1ccc(-c2cccc(S(C)(=O)=O)c2)s1)Cc1ccccc1. The summed E-state index contributed by atoms with van der Waals surface area (Å²) in [5.41, 5.74) is 10.7. The number of thiophene rings is 1. The first kappa shape index (κ1) is 28.8. The summed E-state index contributed by atoms with van der Waals surface area (Å²) in [4.78, 5) is 9.32. The van der Waals surface area contributed by atoms with Crippen LogP contribution in [0.4, 0.5) is 5.69 Å². The number of aliphatic imine (C=N–C) groups is 1. The van der Waals surface area contributed by atoms with Crippen LogP contribution in [0.25, 0.3) is 10.4 Å². The van der Waals surface area contributed by atoms with Crippen molar-refractivity contribution in [2.75, 3.05) is 12.8 Å². The maximum Gasteiger partial charge on any atom is 0.175 e. The van der Waals surface area contributed by atoms with Crippen LogP contribution in [0.5, 0.6) is 0 Å². The quantitative estimate of drug-likeness (QED) is 0.200. The predicted octanol–water partition coefficient (Wildman–Crippen LogP) is 7.35. The summed E-state index contributed by atoms with van der Waals surface area (Å²) in [6.07, 6.45) is 3.12. The highest BCUT2D eigenvalue weighted by Crippen LogP contribution is 2.32. The molecule has 0 aliphatic carbocycles. The van der Waals surface area contributed by atoms with Crippen molar-refractivity contribution in [3.63, 3.8) is 0 Å². The van der Waals surface area contributed by atoms with Crippen LogP contribution < -0.4 is 5.73 Å². The zero-order valence-electron chi connectivity index (χ0n) is 22.2. The summed E-state index contributed by atoms with van der Waals surface area (Å²) < 4.78 is 24.2. The second kappa shape index (κ2) is 12.7. The largest absolute Gasteiger partial charge is 0.401 e. The molecule has 0 radical (unpaired) electrons. The molecular formula is C31H32ClN3O2S2. The molecule has 1 heterocycles. The Bertz CT molecular complexity index is 1590. The number of halogens is 1. The van der Waals surface area contributed by atoms with E-state index >= 15 is 0 Å². The third-order valence-corrected chi connectivity index (χ3v) is 8.75. The summed E-state index contributed by atoms with van der Waals surface area (Å²) in [7, 11) is -3.31. The third kappa shape index (κ3) is 7.90. The van der Waals surface area contributed by atoms with E-state index < -0.39 is 9.84 Å². The molecule has 4 aromatic rings. The Morgan fingerprint density at radius 3 is 2.41 bits per heavy atom. The number of sulfone groups is 1. The Labute approximate surface area is 240 Å². The lowest BCUT2D eigenvalue weighted by atomic mass is 10.1. The van der Waals surface area contributed by atoms with Gasteiger partial charge in [-0.15, -0.1) is 11.3 Å². The zero-order chi connectivity index (χ0) is 28.0. The fourth-order valence-electron chi connectivity index (χ4n) is 4.04. The molecule has 8 heteroatoms. The monoisotopic (exact) mass is 577 g/mol. The second-order valence-electron chi connectivity index (χ2n) is 9.62. The van der Waals surface area contributed by atoms with E-state index in [-0.39, 0.29) is 10.9 Å². The van der Waals surface area contributed by atoms with Gasteiger partial charge in [-0.25, -0.2) is 13.4 Å². The van der Waals surface area contributed by atoms with E-state index in [1.165, 1.54) is 23.2 Å². The second-order valence-corrected chi connectivity index (χ2v) is 13.1. The lowest BCUT2D eigenvalue weighted by molar-refractivity contribution is 0.231. The minimum atomic E-state index is -3.31. The van der Waals surface area contributed by atoms with Crippen LogP contribution in [0.3, 0.4) is 0 Å². The molecule has 3 aromatic carbocycles. The minimum Gasteiger partial charge on any atom is -0.401 e. The average molecular weight is 578 g/mol. The van der Waals surface area contributed by atoms with E-state index in [9.17, 15) is 8.42 Å². The van der Waals surface area contributed by atoms with Gasteiger partial charge in [-0.3, -0.25) is 4.90 Å². The summed E-state index contributed by atoms with van der Waals surface area (Å²) in [6, 6.07) is 29.0. The smallest absolute Gasteiger partial charge is 0.175 e. The molecule has 2 N–H and O–H groups in total. The van der Waals surface area contributed by atoms with Crippen molar-refractivity contribution in [1.82, 2.24) is 4.90 Å². The van der Waals surface area contributed by atoms with E-state index in [0.29, 0.717) is 28.7 Å². The third-order valence-electron chi connectivity index (χ3n) is 6.17. The van der Waals surface area contributed by atoms with Gasteiger partial charge in [-0.1, -0.05) is 66.2 Å². The molecule has 0 aliphatic rings. The number of allylic oxidation sites excluding steroid dienone is 1. The molecule has 0 amide bonds. The van der Waals surface area contributed by atoms with Gasteiger partial charge >= 0.3 is 0 Å². The molecule has 0 atom stereocenters. The normalized spacial score (nSPS) is 12.9.